The van der Waals surface area contributed by atoms with Gasteiger partial charge < -0.3 is 0 Å². The summed E-state index contributed by atoms with van der Waals surface area (Å²) in [6, 6.07) is 14.7. The molecule has 20 heavy (non-hydrogen) atoms. The zero-order valence-corrected chi connectivity index (χ0v) is 11.9. The lowest BCUT2D eigenvalue weighted by molar-refractivity contribution is 0.0992. The third kappa shape index (κ3) is 3.61. The van der Waals surface area contributed by atoms with Gasteiger partial charge in [-0.25, -0.2) is 4.39 Å². The summed E-state index contributed by atoms with van der Waals surface area (Å²) in [5.74, 6) is -0.270. The highest BCUT2D eigenvalue weighted by Crippen LogP contribution is 2.13. The number of ketones is 1. The molecule has 0 amide bonds. The highest BCUT2D eigenvalue weighted by molar-refractivity contribution is 7.85. The summed E-state index contributed by atoms with van der Waals surface area (Å²) < 4.78 is 25.0. The average molecular weight is 290 g/mol. The van der Waals surface area contributed by atoms with Crippen LogP contribution < -0.4 is 0 Å². The Labute approximate surface area is 120 Å². The fourth-order valence-corrected chi connectivity index (χ4v) is 2.98. The lowest BCUT2D eigenvalue weighted by Gasteiger charge is -2.10. The fraction of sp³-hybridized carbons (Fsp3) is 0.188. The number of halogens is 1. The Kier molecular flexibility index (Phi) is 4.79. The lowest BCUT2D eigenvalue weighted by Crippen LogP contribution is -2.23. The van der Waals surface area contributed by atoms with E-state index in [1.165, 1.54) is 24.3 Å². The second-order valence-corrected chi connectivity index (χ2v) is 6.28. The van der Waals surface area contributed by atoms with Gasteiger partial charge in [-0.05, 0) is 36.8 Å². The van der Waals surface area contributed by atoms with Gasteiger partial charge in [0, 0.05) is 22.1 Å². The predicted molar refractivity (Wildman–Crippen MR) is 78.5 cm³/mol. The number of hydrogen-bond donors (Lipinski definition) is 0. The van der Waals surface area contributed by atoms with E-state index in [9.17, 15) is 13.4 Å². The Hall–Kier alpha value is -1.81. The van der Waals surface area contributed by atoms with Crippen molar-refractivity contribution >= 4 is 16.6 Å². The van der Waals surface area contributed by atoms with Gasteiger partial charge in [0.2, 0.25) is 0 Å². The number of Topliss-reactive ketones (excluding diaryl/α,β-unsaturated/α-hetero) is 1. The van der Waals surface area contributed by atoms with Crippen molar-refractivity contribution < 1.29 is 13.4 Å². The van der Waals surface area contributed by atoms with E-state index in [-0.39, 0.29) is 11.6 Å². The van der Waals surface area contributed by atoms with Crippen molar-refractivity contribution in [3.05, 3.63) is 71.5 Å². The molecular formula is C16H15FO2S. The monoisotopic (exact) mass is 290 g/mol. The largest absolute Gasteiger partial charge is 0.293 e. The third-order valence-electron chi connectivity index (χ3n) is 3.04. The van der Waals surface area contributed by atoms with Gasteiger partial charge in [-0.1, -0.05) is 30.3 Å². The SMILES string of the molecule is CC(C(=O)c1ccc(F)cc1)S(=O)Cc1ccccc1. The van der Waals surface area contributed by atoms with Crippen molar-refractivity contribution in [2.45, 2.75) is 17.9 Å². The van der Waals surface area contributed by atoms with E-state index in [1.54, 1.807) is 6.92 Å². The first-order valence-electron chi connectivity index (χ1n) is 6.29. The lowest BCUT2D eigenvalue weighted by atomic mass is 10.1. The maximum atomic E-state index is 12.8. The first-order valence-corrected chi connectivity index (χ1v) is 7.67. The van der Waals surface area contributed by atoms with Crippen LogP contribution in [0.25, 0.3) is 0 Å². The van der Waals surface area contributed by atoms with Crippen LogP contribution in [0.3, 0.4) is 0 Å². The average Bonchev–Trinajstić information content (AvgIpc) is 2.47. The fourth-order valence-electron chi connectivity index (χ4n) is 1.83. The molecule has 2 unspecified atom stereocenters. The minimum atomic E-state index is -1.29. The molecule has 0 bridgehead atoms. The van der Waals surface area contributed by atoms with E-state index in [1.807, 2.05) is 30.3 Å². The first kappa shape index (κ1) is 14.6. The van der Waals surface area contributed by atoms with Crippen molar-refractivity contribution in [1.82, 2.24) is 0 Å². The van der Waals surface area contributed by atoms with Gasteiger partial charge in [-0.15, -0.1) is 0 Å². The van der Waals surface area contributed by atoms with Gasteiger partial charge in [0.25, 0.3) is 0 Å². The van der Waals surface area contributed by atoms with E-state index < -0.39 is 16.0 Å². The summed E-state index contributed by atoms with van der Waals surface area (Å²) in [5, 5.41) is -0.610. The minimum Gasteiger partial charge on any atom is -0.293 e. The zero-order valence-electron chi connectivity index (χ0n) is 11.1. The molecule has 2 atom stereocenters. The van der Waals surface area contributed by atoms with Crippen LogP contribution in [0.15, 0.2) is 54.6 Å². The highest BCUT2D eigenvalue weighted by atomic mass is 32.2. The summed E-state index contributed by atoms with van der Waals surface area (Å²) in [6.45, 7) is 1.64. The standard InChI is InChI=1S/C16H15FO2S/c1-12(16(18)14-7-9-15(17)10-8-14)20(19)11-13-5-3-2-4-6-13/h2-10,12H,11H2,1H3. The smallest absolute Gasteiger partial charge is 0.178 e. The third-order valence-corrected chi connectivity index (χ3v) is 4.66. The molecule has 0 fully saturated rings. The molecule has 0 heterocycles. The summed E-state index contributed by atoms with van der Waals surface area (Å²) in [5.41, 5.74) is 1.32. The molecule has 2 aromatic carbocycles. The molecule has 2 nitrogen and oxygen atoms in total. The molecule has 0 N–H and O–H groups in total. The Morgan fingerprint density at radius 1 is 1.10 bits per heavy atom. The molecule has 0 saturated carbocycles. The molecule has 2 rings (SSSR count). The topological polar surface area (TPSA) is 34.1 Å². The van der Waals surface area contributed by atoms with Gasteiger partial charge in [-0.3, -0.25) is 9.00 Å². The van der Waals surface area contributed by atoms with Gasteiger partial charge >= 0.3 is 0 Å². The summed E-state index contributed by atoms with van der Waals surface area (Å²) in [6.07, 6.45) is 0. The molecule has 0 spiro atoms. The van der Waals surface area contributed by atoms with Gasteiger partial charge in [0.15, 0.2) is 5.78 Å². The molecule has 0 aliphatic rings. The van der Waals surface area contributed by atoms with E-state index in [0.29, 0.717) is 11.3 Å². The molecule has 2 aromatic rings. The van der Waals surface area contributed by atoms with Crippen LogP contribution >= 0.6 is 0 Å². The van der Waals surface area contributed by atoms with Crippen LogP contribution in [0.5, 0.6) is 0 Å². The minimum absolute atomic E-state index is 0.223. The molecular weight excluding hydrogens is 275 g/mol. The van der Waals surface area contributed by atoms with Crippen LogP contribution in [-0.2, 0) is 16.6 Å². The molecule has 4 heteroatoms. The van der Waals surface area contributed by atoms with Crippen LogP contribution in [0, 0.1) is 5.82 Å². The van der Waals surface area contributed by atoms with Crippen LogP contribution in [0.2, 0.25) is 0 Å². The molecule has 0 radical (unpaired) electrons. The Morgan fingerprint density at radius 2 is 1.70 bits per heavy atom. The van der Waals surface area contributed by atoms with Gasteiger partial charge in [0.1, 0.15) is 5.82 Å². The maximum Gasteiger partial charge on any atom is 0.178 e. The number of rotatable bonds is 5. The Bertz CT molecular complexity index is 608. The molecule has 0 aromatic heterocycles. The van der Waals surface area contributed by atoms with Crippen LogP contribution in [0.4, 0.5) is 4.39 Å². The number of carbonyl (C=O) groups excluding carboxylic acids is 1. The second kappa shape index (κ2) is 6.57. The van der Waals surface area contributed by atoms with Crippen LogP contribution in [-0.4, -0.2) is 15.2 Å². The van der Waals surface area contributed by atoms with Crippen LogP contribution in [0.1, 0.15) is 22.8 Å². The zero-order chi connectivity index (χ0) is 14.5. The molecule has 0 aliphatic carbocycles. The van der Waals surface area contributed by atoms with Crippen molar-refractivity contribution in [2.24, 2.45) is 0 Å². The van der Waals surface area contributed by atoms with Crippen molar-refractivity contribution in [3.63, 3.8) is 0 Å². The van der Waals surface area contributed by atoms with Crippen molar-refractivity contribution in [2.75, 3.05) is 0 Å². The quantitative estimate of drug-likeness (QED) is 0.791. The summed E-state index contributed by atoms with van der Waals surface area (Å²) in [4.78, 5) is 12.2. The van der Waals surface area contributed by atoms with Gasteiger partial charge in [0.05, 0.1) is 5.25 Å². The molecule has 104 valence electrons. The Balaban J connectivity index is 2.06. The molecule has 0 saturated heterocycles. The van der Waals surface area contributed by atoms with E-state index in [0.717, 1.165) is 5.56 Å². The van der Waals surface area contributed by atoms with Crippen molar-refractivity contribution in [1.29, 1.82) is 0 Å². The summed E-state index contributed by atoms with van der Waals surface area (Å²) >= 11 is 0. The van der Waals surface area contributed by atoms with Gasteiger partial charge in [-0.2, -0.15) is 0 Å². The van der Waals surface area contributed by atoms with Crippen molar-refractivity contribution in [3.8, 4) is 0 Å². The Morgan fingerprint density at radius 3 is 2.30 bits per heavy atom. The predicted octanol–water partition coefficient (Wildman–Crippen LogP) is 3.35. The normalized spacial score (nSPS) is 13.7. The van der Waals surface area contributed by atoms with E-state index >= 15 is 0 Å². The number of carbonyl (C=O) groups is 1. The molecule has 0 aliphatic heterocycles. The second-order valence-electron chi connectivity index (χ2n) is 4.52. The van der Waals surface area contributed by atoms with E-state index in [2.05, 4.69) is 0 Å². The maximum absolute atomic E-state index is 12.8. The first-order chi connectivity index (χ1) is 9.58. The number of benzene rings is 2. The summed E-state index contributed by atoms with van der Waals surface area (Å²) in [7, 11) is -1.29. The highest BCUT2D eigenvalue weighted by Gasteiger charge is 2.21. The number of hydrogen-bond acceptors (Lipinski definition) is 2. The van der Waals surface area contributed by atoms with E-state index in [4.69, 9.17) is 0 Å².